The number of aryl methyl sites for hydroxylation is 1. The second kappa shape index (κ2) is 5.75. The van der Waals surface area contributed by atoms with Gasteiger partial charge in [-0.15, -0.1) is 0 Å². The summed E-state index contributed by atoms with van der Waals surface area (Å²) in [4.78, 5) is 28.8. The lowest BCUT2D eigenvalue weighted by Gasteiger charge is -2.07. The van der Waals surface area contributed by atoms with Gasteiger partial charge in [0.1, 0.15) is 5.69 Å². The van der Waals surface area contributed by atoms with Crippen LogP contribution < -0.4 is 16.4 Å². The topological polar surface area (TPSA) is 136 Å². The van der Waals surface area contributed by atoms with E-state index in [0.717, 1.165) is 0 Å². The molecular weight excluding hydrogens is 240 g/mol. The lowest BCUT2D eigenvalue weighted by molar-refractivity contribution is -0.385. The first-order chi connectivity index (χ1) is 8.45. The fourth-order valence-electron chi connectivity index (χ4n) is 1.35. The van der Waals surface area contributed by atoms with Crippen LogP contribution in [0.3, 0.4) is 0 Å². The number of hydrogen-bond acceptors (Lipinski definition) is 7. The number of rotatable bonds is 5. The maximum atomic E-state index is 11.0. The summed E-state index contributed by atoms with van der Waals surface area (Å²) in [5.74, 6) is -0.210. The van der Waals surface area contributed by atoms with Crippen LogP contribution in [0, 0.1) is 17.0 Å². The Morgan fingerprint density at radius 3 is 2.72 bits per heavy atom. The molecule has 0 bridgehead atoms. The molecule has 0 fully saturated rings. The van der Waals surface area contributed by atoms with Crippen LogP contribution in [0.15, 0.2) is 0 Å². The summed E-state index contributed by atoms with van der Waals surface area (Å²) in [6.07, 6.45) is 0.177. The zero-order valence-corrected chi connectivity index (χ0v) is 10.1. The van der Waals surface area contributed by atoms with E-state index in [2.05, 4.69) is 20.6 Å². The second-order valence-corrected chi connectivity index (χ2v) is 3.47. The Kier molecular flexibility index (Phi) is 4.35. The van der Waals surface area contributed by atoms with Crippen LogP contribution in [0.25, 0.3) is 0 Å². The van der Waals surface area contributed by atoms with Crippen LogP contribution in [-0.4, -0.2) is 34.4 Å². The molecule has 0 aliphatic heterocycles. The van der Waals surface area contributed by atoms with Gasteiger partial charge >= 0.3 is 5.69 Å². The monoisotopic (exact) mass is 254 g/mol. The van der Waals surface area contributed by atoms with Crippen LogP contribution >= 0.6 is 0 Å². The molecular formula is C9H14N6O3. The number of amides is 1. The van der Waals surface area contributed by atoms with E-state index >= 15 is 0 Å². The van der Waals surface area contributed by atoms with Gasteiger partial charge in [0.25, 0.3) is 0 Å². The van der Waals surface area contributed by atoms with Gasteiger partial charge in [-0.2, -0.15) is 4.98 Å². The van der Waals surface area contributed by atoms with E-state index < -0.39 is 4.92 Å². The first-order valence-electron chi connectivity index (χ1n) is 5.18. The minimum Gasteiger partial charge on any atom is -0.368 e. The molecule has 0 aliphatic carbocycles. The Morgan fingerprint density at radius 2 is 2.17 bits per heavy atom. The summed E-state index contributed by atoms with van der Waals surface area (Å²) in [7, 11) is 1.51. The number of nitro groups is 1. The average molecular weight is 254 g/mol. The SMILES string of the molecule is CNC(=O)CCNc1nc(N)nc(C)c1[N+](=O)[O-]. The van der Waals surface area contributed by atoms with E-state index in [1.807, 2.05) is 0 Å². The van der Waals surface area contributed by atoms with Gasteiger partial charge in [0.15, 0.2) is 0 Å². The van der Waals surface area contributed by atoms with Gasteiger partial charge in [0, 0.05) is 20.0 Å². The number of carbonyl (C=O) groups is 1. The van der Waals surface area contributed by atoms with Crippen LogP contribution in [0.1, 0.15) is 12.1 Å². The van der Waals surface area contributed by atoms with Crippen LogP contribution in [-0.2, 0) is 4.79 Å². The minimum atomic E-state index is -0.586. The molecule has 98 valence electrons. The smallest absolute Gasteiger partial charge is 0.332 e. The van der Waals surface area contributed by atoms with Crippen molar-refractivity contribution in [3.63, 3.8) is 0 Å². The van der Waals surface area contributed by atoms with Gasteiger partial charge in [0.05, 0.1) is 4.92 Å². The van der Waals surface area contributed by atoms with Crippen molar-refractivity contribution >= 4 is 23.4 Å². The zero-order chi connectivity index (χ0) is 13.7. The Balaban J connectivity index is 2.87. The highest BCUT2D eigenvalue weighted by molar-refractivity contribution is 5.76. The lowest BCUT2D eigenvalue weighted by Crippen LogP contribution is -2.21. The number of hydrogen-bond donors (Lipinski definition) is 3. The maximum Gasteiger partial charge on any atom is 0.332 e. The first-order valence-corrected chi connectivity index (χ1v) is 5.18. The van der Waals surface area contributed by atoms with E-state index in [1.165, 1.54) is 14.0 Å². The third kappa shape index (κ3) is 3.27. The van der Waals surface area contributed by atoms with Crippen LogP contribution in [0.2, 0.25) is 0 Å². The molecule has 4 N–H and O–H groups in total. The molecule has 0 aliphatic rings. The van der Waals surface area contributed by atoms with Gasteiger partial charge in [-0.3, -0.25) is 14.9 Å². The summed E-state index contributed by atoms with van der Waals surface area (Å²) in [6.45, 7) is 1.69. The minimum absolute atomic E-state index is 0.0221. The van der Waals surface area contributed by atoms with Crippen molar-refractivity contribution in [2.24, 2.45) is 0 Å². The fraction of sp³-hybridized carbons (Fsp3) is 0.444. The first kappa shape index (κ1) is 13.6. The lowest BCUT2D eigenvalue weighted by atomic mass is 10.3. The normalized spacial score (nSPS) is 9.89. The number of nitrogens with two attached hydrogens (primary N) is 1. The molecule has 1 amide bonds. The number of anilines is 2. The van der Waals surface area contributed by atoms with Crippen LogP contribution in [0.5, 0.6) is 0 Å². The number of carbonyl (C=O) groups excluding carboxylic acids is 1. The number of nitrogen functional groups attached to an aromatic ring is 1. The molecule has 0 aromatic carbocycles. The van der Waals surface area contributed by atoms with Crippen molar-refractivity contribution in [2.45, 2.75) is 13.3 Å². The third-order valence-electron chi connectivity index (χ3n) is 2.18. The molecule has 0 radical (unpaired) electrons. The summed E-state index contributed by atoms with van der Waals surface area (Å²) in [5, 5.41) is 16.0. The molecule has 9 heteroatoms. The molecule has 1 rings (SSSR count). The molecule has 1 aromatic heterocycles. The predicted molar refractivity (Wildman–Crippen MR) is 65.0 cm³/mol. The summed E-state index contributed by atoms with van der Waals surface area (Å²) < 4.78 is 0. The van der Waals surface area contributed by atoms with Crippen LogP contribution in [0.4, 0.5) is 17.5 Å². The summed E-state index contributed by atoms with van der Waals surface area (Å²) in [5.41, 5.74) is 5.36. The highest BCUT2D eigenvalue weighted by atomic mass is 16.6. The molecule has 0 spiro atoms. The zero-order valence-electron chi connectivity index (χ0n) is 10.1. The van der Waals surface area contributed by atoms with Crippen molar-refractivity contribution < 1.29 is 9.72 Å². The highest BCUT2D eigenvalue weighted by Gasteiger charge is 2.21. The molecule has 9 nitrogen and oxygen atoms in total. The Labute approximate surface area is 103 Å². The molecule has 18 heavy (non-hydrogen) atoms. The van der Waals surface area contributed by atoms with Crippen molar-refractivity contribution in [1.29, 1.82) is 0 Å². The third-order valence-corrected chi connectivity index (χ3v) is 2.18. The van der Waals surface area contributed by atoms with E-state index in [1.54, 1.807) is 0 Å². The molecule has 1 heterocycles. The average Bonchev–Trinajstić information content (AvgIpc) is 2.27. The maximum absolute atomic E-state index is 11.0. The number of nitrogens with zero attached hydrogens (tertiary/aromatic N) is 3. The van der Waals surface area contributed by atoms with Gasteiger partial charge in [-0.05, 0) is 6.92 Å². The van der Waals surface area contributed by atoms with Crippen molar-refractivity contribution in [2.75, 3.05) is 24.6 Å². The van der Waals surface area contributed by atoms with Crippen molar-refractivity contribution in [3.05, 3.63) is 15.8 Å². The Bertz CT molecular complexity index is 476. The van der Waals surface area contributed by atoms with E-state index in [0.29, 0.717) is 0 Å². The molecule has 0 saturated carbocycles. The number of nitrogens with one attached hydrogen (secondary N) is 2. The summed E-state index contributed by atoms with van der Waals surface area (Å²) in [6, 6.07) is 0. The summed E-state index contributed by atoms with van der Waals surface area (Å²) >= 11 is 0. The molecule has 0 atom stereocenters. The second-order valence-electron chi connectivity index (χ2n) is 3.47. The van der Waals surface area contributed by atoms with Gasteiger partial charge < -0.3 is 16.4 Å². The molecule has 0 unspecified atom stereocenters. The Morgan fingerprint density at radius 1 is 1.50 bits per heavy atom. The van der Waals surface area contributed by atoms with Gasteiger partial charge in [-0.1, -0.05) is 0 Å². The highest BCUT2D eigenvalue weighted by Crippen LogP contribution is 2.25. The van der Waals surface area contributed by atoms with E-state index in [-0.39, 0.29) is 42.0 Å². The predicted octanol–water partition coefficient (Wildman–Crippen LogP) is -0.177. The quantitative estimate of drug-likeness (QED) is 0.489. The van der Waals surface area contributed by atoms with E-state index in [9.17, 15) is 14.9 Å². The molecule has 1 aromatic rings. The van der Waals surface area contributed by atoms with Crippen molar-refractivity contribution in [3.8, 4) is 0 Å². The van der Waals surface area contributed by atoms with E-state index in [4.69, 9.17) is 5.73 Å². The Hall–Kier alpha value is -2.45. The van der Waals surface area contributed by atoms with Gasteiger partial charge in [0.2, 0.25) is 17.7 Å². The van der Waals surface area contributed by atoms with Crippen molar-refractivity contribution in [1.82, 2.24) is 15.3 Å². The largest absolute Gasteiger partial charge is 0.368 e. The molecule has 0 saturated heterocycles. The number of aromatic nitrogens is 2. The van der Waals surface area contributed by atoms with Gasteiger partial charge in [-0.25, -0.2) is 4.98 Å². The standard InChI is InChI=1S/C9H14N6O3/c1-5-7(15(17)18)8(14-9(10)13-5)12-4-3-6(16)11-2/h3-4H2,1-2H3,(H,11,16)(H3,10,12,13,14). The fourth-order valence-corrected chi connectivity index (χ4v) is 1.35.